The minimum absolute atomic E-state index is 0.00228. The lowest BCUT2D eigenvalue weighted by molar-refractivity contribution is -0.132. The van der Waals surface area contributed by atoms with Crippen LogP contribution in [0.3, 0.4) is 0 Å². The Morgan fingerprint density at radius 3 is 3.04 bits per heavy atom. The number of aryl methyl sites for hydroxylation is 1. The fourth-order valence-corrected chi connectivity index (χ4v) is 3.02. The standard InChI is InChI=1S/C16H20N4O5/c1-24-14-9-12(25-18-14)4-5-15(22)19-7-2-3-11(10-19)20-8-6-13(21)17-16(20)23/h6,8-9,11H,2-5,7,10H2,1H3,(H,17,21,23). The molecule has 3 rings (SSSR count). The van der Waals surface area contributed by atoms with Crippen LogP contribution >= 0.6 is 0 Å². The van der Waals surface area contributed by atoms with Gasteiger partial charge in [-0.25, -0.2) is 4.79 Å². The van der Waals surface area contributed by atoms with Crippen LogP contribution in [0, 0.1) is 0 Å². The quantitative estimate of drug-likeness (QED) is 0.834. The topological polar surface area (TPSA) is 110 Å². The Kier molecular flexibility index (Phi) is 5.01. The molecule has 1 aliphatic rings. The zero-order valence-electron chi connectivity index (χ0n) is 13.9. The van der Waals surface area contributed by atoms with Crippen molar-refractivity contribution >= 4 is 5.91 Å². The number of carbonyl (C=O) groups excluding carboxylic acids is 1. The van der Waals surface area contributed by atoms with Crippen LogP contribution in [-0.4, -0.2) is 45.7 Å². The number of aromatic amines is 1. The molecule has 134 valence electrons. The van der Waals surface area contributed by atoms with E-state index in [0.29, 0.717) is 37.6 Å². The highest BCUT2D eigenvalue weighted by Crippen LogP contribution is 2.21. The third-order valence-corrected chi connectivity index (χ3v) is 4.33. The minimum Gasteiger partial charge on any atom is -0.479 e. The van der Waals surface area contributed by atoms with E-state index in [-0.39, 0.29) is 11.9 Å². The molecule has 2 aromatic rings. The summed E-state index contributed by atoms with van der Waals surface area (Å²) < 4.78 is 11.5. The lowest BCUT2D eigenvalue weighted by Gasteiger charge is -2.33. The molecule has 1 amide bonds. The molecule has 9 heteroatoms. The molecule has 2 aromatic heterocycles. The van der Waals surface area contributed by atoms with Crippen LogP contribution in [-0.2, 0) is 11.2 Å². The summed E-state index contributed by atoms with van der Waals surface area (Å²) in [6.07, 6.45) is 3.81. The van der Waals surface area contributed by atoms with Gasteiger partial charge in [-0.15, -0.1) is 0 Å². The molecule has 0 aliphatic carbocycles. The van der Waals surface area contributed by atoms with Gasteiger partial charge in [-0.1, -0.05) is 0 Å². The maximum Gasteiger partial charge on any atom is 0.328 e. The molecule has 1 aliphatic heterocycles. The van der Waals surface area contributed by atoms with E-state index in [0.717, 1.165) is 12.8 Å². The lowest BCUT2D eigenvalue weighted by Crippen LogP contribution is -2.44. The summed E-state index contributed by atoms with van der Waals surface area (Å²) in [5.41, 5.74) is -0.868. The largest absolute Gasteiger partial charge is 0.479 e. The fraction of sp³-hybridized carbons (Fsp3) is 0.500. The zero-order chi connectivity index (χ0) is 17.8. The van der Waals surface area contributed by atoms with Crippen molar-refractivity contribution < 1.29 is 14.1 Å². The van der Waals surface area contributed by atoms with Gasteiger partial charge in [0.2, 0.25) is 5.91 Å². The number of H-pyrrole nitrogens is 1. The monoisotopic (exact) mass is 348 g/mol. The van der Waals surface area contributed by atoms with Gasteiger partial charge in [-0.2, -0.15) is 0 Å². The predicted molar refractivity (Wildman–Crippen MR) is 87.5 cm³/mol. The van der Waals surface area contributed by atoms with E-state index in [1.807, 2.05) is 0 Å². The van der Waals surface area contributed by atoms with Gasteiger partial charge in [0.1, 0.15) is 5.76 Å². The normalized spacial score (nSPS) is 17.5. The highest BCUT2D eigenvalue weighted by molar-refractivity contribution is 5.76. The Morgan fingerprint density at radius 1 is 1.48 bits per heavy atom. The Balaban J connectivity index is 1.61. The zero-order valence-corrected chi connectivity index (χ0v) is 13.9. The average molecular weight is 348 g/mol. The highest BCUT2D eigenvalue weighted by Gasteiger charge is 2.25. The van der Waals surface area contributed by atoms with Gasteiger partial charge >= 0.3 is 5.69 Å². The van der Waals surface area contributed by atoms with Crippen molar-refractivity contribution in [1.29, 1.82) is 0 Å². The van der Waals surface area contributed by atoms with Crippen LogP contribution in [0.25, 0.3) is 0 Å². The van der Waals surface area contributed by atoms with Crippen molar-refractivity contribution in [1.82, 2.24) is 19.6 Å². The minimum atomic E-state index is -0.444. The van der Waals surface area contributed by atoms with Gasteiger partial charge in [0.25, 0.3) is 11.4 Å². The Hall–Kier alpha value is -2.84. The number of nitrogens with one attached hydrogen (secondary N) is 1. The SMILES string of the molecule is COc1cc(CCC(=O)N2CCCC(n3ccc(=O)[nH]c3=O)C2)on1. The van der Waals surface area contributed by atoms with E-state index >= 15 is 0 Å². The second kappa shape index (κ2) is 7.37. The van der Waals surface area contributed by atoms with Crippen LogP contribution in [0.5, 0.6) is 5.88 Å². The summed E-state index contributed by atoms with van der Waals surface area (Å²) >= 11 is 0. The molecule has 9 nitrogen and oxygen atoms in total. The number of likely N-dealkylation sites (tertiary alicyclic amines) is 1. The molecule has 0 spiro atoms. The third kappa shape index (κ3) is 3.98. The van der Waals surface area contributed by atoms with Crippen LogP contribution in [0.4, 0.5) is 0 Å². The van der Waals surface area contributed by atoms with Crippen molar-refractivity contribution in [3.05, 3.63) is 44.9 Å². The molecule has 25 heavy (non-hydrogen) atoms. The maximum absolute atomic E-state index is 12.5. The number of ether oxygens (including phenoxy) is 1. The number of methoxy groups -OCH3 is 1. The van der Waals surface area contributed by atoms with E-state index in [1.54, 1.807) is 11.0 Å². The summed E-state index contributed by atoms with van der Waals surface area (Å²) in [6.45, 7) is 1.11. The van der Waals surface area contributed by atoms with E-state index in [9.17, 15) is 14.4 Å². The van der Waals surface area contributed by atoms with Crippen molar-refractivity contribution in [3.8, 4) is 5.88 Å². The molecule has 1 saturated heterocycles. The van der Waals surface area contributed by atoms with Gasteiger partial charge in [0, 0.05) is 44.3 Å². The van der Waals surface area contributed by atoms with Crippen LogP contribution < -0.4 is 16.0 Å². The molecule has 3 heterocycles. The van der Waals surface area contributed by atoms with Gasteiger partial charge in [0.15, 0.2) is 0 Å². The maximum atomic E-state index is 12.5. The van der Waals surface area contributed by atoms with Crippen molar-refractivity contribution in [2.24, 2.45) is 0 Å². The molecule has 0 aromatic carbocycles. The number of carbonyl (C=O) groups is 1. The Labute approximate surface area is 143 Å². The second-order valence-electron chi connectivity index (χ2n) is 5.99. The first-order valence-electron chi connectivity index (χ1n) is 8.15. The summed E-state index contributed by atoms with van der Waals surface area (Å²) in [5.74, 6) is 0.978. The van der Waals surface area contributed by atoms with Gasteiger partial charge in [0.05, 0.1) is 13.2 Å². The first-order chi connectivity index (χ1) is 12.1. The Bertz CT molecular complexity index is 852. The highest BCUT2D eigenvalue weighted by atomic mass is 16.5. The van der Waals surface area contributed by atoms with Gasteiger partial charge in [-0.3, -0.25) is 19.1 Å². The molecule has 1 atom stereocenters. The molecule has 0 bridgehead atoms. The summed E-state index contributed by atoms with van der Waals surface area (Å²) in [5, 5.41) is 3.70. The first kappa shape index (κ1) is 17.0. The van der Waals surface area contributed by atoms with E-state index in [4.69, 9.17) is 9.26 Å². The van der Waals surface area contributed by atoms with E-state index < -0.39 is 11.2 Å². The smallest absolute Gasteiger partial charge is 0.328 e. The summed E-state index contributed by atoms with van der Waals surface area (Å²) in [7, 11) is 1.50. The number of piperidine rings is 1. The number of hydrogen-bond donors (Lipinski definition) is 1. The van der Waals surface area contributed by atoms with E-state index in [1.165, 1.54) is 23.9 Å². The molecule has 1 fully saturated rings. The number of nitrogens with zero attached hydrogens (tertiary/aromatic N) is 3. The molecule has 1 N–H and O–H groups in total. The van der Waals surface area contributed by atoms with Crippen LogP contribution in [0.1, 0.15) is 31.1 Å². The number of hydrogen-bond acceptors (Lipinski definition) is 6. The van der Waals surface area contributed by atoms with Gasteiger partial charge < -0.3 is 14.2 Å². The fourth-order valence-electron chi connectivity index (χ4n) is 3.02. The average Bonchev–Trinajstić information content (AvgIpc) is 3.08. The molecular formula is C16H20N4O5. The van der Waals surface area contributed by atoms with Crippen LogP contribution in [0.15, 0.2) is 32.4 Å². The summed E-state index contributed by atoms with van der Waals surface area (Å²) in [6, 6.07) is 2.85. The molecular weight excluding hydrogens is 328 g/mol. The van der Waals surface area contributed by atoms with Crippen LogP contribution in [0.2, 0.25) is 0 Å². The molecule has 1 unspecified atom stereocenters. The molecule has 0 radical (unpaired) electrons. The number of rotatable bonds is 5. The Morgan fingerprint density at radius 2 is 2.32 bits per heavy atom. The second-order valence-corrected chi connectivity index (χ2v) is 5.99. The summed E-state index contributed by atoms with van der Waals surface area (Å²) in [4.78, 5) is 39.6. The third-order valence-electron chi connectivity index (χ3n) is 4.33. The van der Waals surface area contributed by atoms with Crippen molar-refractivity contribution in [2.75, 3.05) is 20.2 Å². The van der Waals surface area contributed by atoms with Crippen molar-refractivity contribution in [3.63, 3.8) is 0 Å². The lowest BCUT2D eigenvalue weighted by atomic mass is 10.0. The van der Waals surface area contributed by atoms with E-state index in [2.05, 4.69) is 10.1 Å². The van der Waals surface area contributed by atoms with Crippen molar-refractivity contribution in [2.45, 2.75) is 31.7 Å². The van der Waals surface area contributed by atoms with Gasteiger partial charge in [-0.05, 0) is 18.0 Å². The molecule has 0 saturated carbocycles. The number of amides is 1. The predicted octanol–water partition coefficient (Wildman–Crippen LogP) is 0.330. The first-order valence-corrected chi connectivity index (χ1v) is 8.15. The number of aromatic nitrogens is 3.